The number of fused-ring (bicyclic) bond motifs is 1. The quantitative estimate of drug-likeness (QED) is 0.508. The first kappa shape index (κ1) is 24.5. The van der Waals surface area contributed by atoms with Crippen molar-refractivity contribution in [2.75, 3.05) is 6.54 Å². The average Bonchev–Trinajstić information content (AvgIpc) is 3.46. The summed E-state index contributed by atoms with van der Waals surface area (Å²) in [4.78, 5) is 51.6. The number of aromatic nitrogens is 4. The highest BCUT2D eigenvalue weighted by Crippen LogP contribution is 2.27. The van der Waals surface area contributed by atoms with Gasteiger partial charge in [0.25, 0.3) is 5.91 Å². The number of ketones is 1. The minimum atomic E-state index is -1.37. The molecule has 2 aromatic heterocycles. The highest BCUT2D eigenvalue weighted by atomic mass is 19.1. The first-order valence-electron chi connectivity index (χ1n) is 12.2. The molecule has 12 heteroatoms. The second-order valence-electron chi connectivity index (χ2n) is 9.40. The van der Waals surface area contributed by atoms with Gasteiger partial charge in [0, 0.05) is 23.8 Å². The van der Waals surface area contributed by atoms with Crippen molar-refractivity contribution in [3.05, 3.63) is 42.4 Å². The molecule has 3 amide bonds. The molecule has 2 aliphatic rings. The van der Waals surface area contributed by atoms with Crippen molar-refractivity contribution in [3.63, 3.8) is 0 Å². The number of nitrogens with two attached hydrogens (primary N) is 1. The van der Waals surface area contributed by atoms with Crippen LogP contribution < -0.4 is 11.1 Å². The summed E-state index contributed by atoms with van der Waals surface area (Å²) in [5.41, 5.74) is 7.55. The maximum atomic E-state index is 14.4. The molecule has 3 unspecified atom stereocenters. The lowest BCUT2D eigenvalue weighted by atomic mass is 9.94. The number of Topliss-reactive ketones (excluding diaryl/α,β-unsaturated/α-hetero) is 1. The van der Waals surface area contributed by atoms with Crippen LogP contribution in [0.25, 0.3) is 22.0 Å². The lowest BCUT2D eigenvalue weighted by Crippen LogP contribution is -2.51. The van der Waals surface area contributed by atoms with Crippen molar-refractivity contribution in [1.82, 2.24) is 30.2 Å². The minimum absolute atomic E-state index is 0.0124. The third-order valence-corrected chi connectivity index (χ3v) is 6.93. The van der Waals surface area contributed by atoms with E-state index >= 15 is 0 Å². The molecule has 0 bridgehead atoms. The third kappa shape index (κ3) is 4.91. The summed E-state index contributed by atoms with van der Waals surface area (Å²) in [5, 5.41) is 15.0. The van der Waals surface area contributed by atoms with Gasteiger partial charge in [-0.05, 0) is 36.6 Å². The summed E-state index contributed by atoms with van der Waals surface area (Å²) in [6, 6.07) is 5.36. The number of amides is 3. The van der Waals surface area contributed by atoms with Gasteiger partial charge in [-0.1, -0.05) is 12.5 Å². The van der Waals surface area contributed by atoms with E-state index in [9.17, 15) is 23.6 Å². The van der Waals surface area contributed by atoms with Gasteiger partial charge in [-0.3, -0.25) is 23.9 Å². The van der Waals surface area contributed by atoms with E-state index in [4.69, 9.17) is 5.73 Å². The van der Waals surface area contributed by atoms with Gasteiger partial charge in [-0.25, -0.2) is 4.39 Å². The highest BCUT2D eigenvalue weighted by Gasteiger charge is 2.41. The summed E-state index contributed by atoms with van der Waals surface area (Å²) in [5.74, 6) is -1.87. The van der Waals surface area contributed by atoms with E-state index in [0.29, 0.717) is 23.7 Å². The molecule has 3 atom stereocenters. The van der Waals surface area contributed by atoms with Gasteiger partial charge in [0.2, 0.25) is 11.8 Å². The van der Waals surface area contributed by atoms with E-state index in [1.165, 1.54) is 9.58 Å². The zero-order valence-electron chi connectivity index (χ0n) is 20.0. The van der Waals surface area contributed by atoms with Crippen LogP contribution >= 0.6 is 0 Å². The molecule has 3 aromatic rings. The maximum Gasteiger partial charge on any atom is 0.269 e. The van der Waals surface area contributed by atoms with Crippen molar-refractivity contribution < 1.29 is 23.6 Å². The van der Waals surface area contributed by atoms with Crippen LogP contribution in [0.2, 0.25) is 0 Å². The van der Waals surface area contributed by atoms with E-state index in [1.807, 2.05) is 0 Å². The van der Waals surface area contributed by atoms with E-state index < -0.39 is 36.0 Å². The fourth-order valence-corrected chi connectivity index (χ4v) is 5.05. The van der Waals surface area contributed by atoms with Gasteiger partial charge in [0.05, 0.1) is 30.5 Å². The Morgan fingerprint density at radius 2 is 1.97 bits per heavy atom. The van der Waals surface area contributed by atoms with Gasteiger partial charge in [0.1, 0.15) is 18.8 Å². The Labute approximate surface area is 211 Å². The fraction of sp³-hybridized carbons (Fsp3) is 0.400. The first-order chi connectivity index (χ1) is 17.8. The largest absolute Gasteiger partial charge is 0.364 e. The normalized spacial score (nSPS) is 21.8. The Morgan fingerprint density at radius 1 is 1.14 bits per heavy atom. The predicted octanol–water partition coefficient (Wildman–Crippen LogP) is 1.16. The Kier molecular flexibility index (Phi) is 6.64. The van der Waals surface area contributed by atoms with E-state index in [0.717, 1.165) is 24.0 Å². The number of halogens is 1. The minimum Gasteiger partial charge on any atom is -0.364 e. The molecule has 37 heavy (non-hydrogen) atoms. The number of hydrogen-bond donors (Lipinski definition) is 2. The number of nitrogens with zero attached hydrogens (tertiary/aromatic N) is 5. The van der Waals surface area contributed by atoms with Crippen LogP contribution in [-0.4, -0.2) is 73.2 Å². The number of hydrogen-bond acceptors (Lipinski definition) is 7. The molecular formula is C25H26FN7O4. The second kappa shape index (κ2) is 10.0. The molecule has 3 heterocycles. The van der Waals surface area contributed by atoms with Crippen molar-refractivity contribution >= 4 is 34.4 Å². The number of carbonyl (C=O) groups excluding carboxylic acids is 4. The summed E-state index contributed by atoms with van der Waals surface area (Å²) < 4.78 is 15.7. The van der Waals surface area contributed by atoms with Crippen LogP contribution in [0.5, 0.6) is 0 Å². The van der Waals surface area contributed by atoms with Crippen molar-refractivity contribution in [2.24, 2.45) is 5.73 Å². The lowest BCUT2D eigenvalue weighted by molar-refractivity contribution is -0.140. The molecule has 1 aliphatic heterocycles. The van der Waals surface area contributed by atoms with Gasteiger partial charge in [-0.2, -0.15) is 15.3 Å². The molecule has 1 aliphatic carbocycles. The van der Waals surface area contributed by atoms with Gasteiger partial charge in [-0.15, -0.1) is 0 Å². The molecule has 5 rings (SSSR count). The Hall–Kier alpha value is -4.22. The summed E-state index contributed by atoms with van der Waals surface area (Å²) in [6.07, 6.45) is 4.16. The number of carbonyl (C=O) groups is 4. The monoisotopic (exact) mass is 507 g/mol. The summed E-state index contributed by atoms with van der Waals surface area (Å²) >= 11 is 0. The lowest BCUT2D eigenvalue weighted by Gasteiger charge is -2.27. The molecule has 0 radical (unpaired) electrons. The van der Waals surface area contributed by atoms with Crippen LogP contribution in [0.1, 0.15) is 42.6 Å². The van der Waals surface area contributed by atoms with Gasteiger partial charge >= 0.3 is 0 Å². The topological polar surface area (TPSA) is 153 Å². The number of rotatable bonds is 6. The Balaban J connectivity index is 1.38. The van der Waals surface area contributed by atoms with Crippen LogP contribution in [0, 0.1) is 0 Å². The van der Waals surface area contributed by atoms with Crippen LogP contribution in [-0.2, 0) is 20.9 Å². The van der Waals surface area contributed by atoms with Crippen LogP contribution in [0.4, 0.5) is 4.39 Å². The van der Waals surface area contributed by atoms with Crippen LogP contribution in [0.15, 0.2) is 36.7 Å². The average molecular weight is 508 g/mol. The molecule has 11 nitrogen and oxygen atoms in total. The SMILES string of the molecule is NC(=O)c1nn(CC(=O)N2CC(F)CC2C(=O)NC2CCCCC2=O)c2ccc(-c3ccnnc3)cc12. The van der Waals surface area contributed by atoms with Crippen molar-refractivity contribution in [3.8, 4) is 11.1 Å². The number of primary amides is 1. The number of nitrogens with one attached hydrogen (secondary N) is 1. The third-order valence-electron chi connectivity index (χ3n) is 6.93. The summed E-state index contributed by atoms with van der Waals surface area (Å²) in [7, 11) is 0. The van der Waals surface area contributed by atoms with Gasteiger partial charge in [0.15, 0.2) is 11.5 Å². The Morgan fingerprint density at radius 3 is 2.70 bits per heavy atom. The zero-order chi connectivity index (χ0) is 26.1. The first-order valence-corrected chi connectivity index (χ1v) is 12.2. The van der Waals surface area contributed by atoms with E-state index in [1.54, 1.807) is 36.7 Å². The number of alkyl halides is 1. The smallest absolute Gasteiger partial charge is 0.269 e. The fourth-order valence-electron chi connectivity index (χ4n) is 5.05. The Bertz CT molecular complexity index is 1380. The van der Waals surface area contributed by atoms with Gasteiger partial charge < -0.3 is 16.0 Å². The molecule has 0 spiro atoms. The molecule has 1 saturated heterocycles. The van der Waals surface area contributed by atoms with E-state index in [2.05, 4.69) is 20.6 Å². The number of benzene rings is 1. The molecule has 1 saturated carbocycles. The highest BCUT2D eigenvalue weighted by molar-refractivity contribution is 6.05. The molecule has 3 N–H and O–H groups in total. The molecule has 2 fully saturated rings. The molecular weight excluding hydrogens is 481 g/mol. The molecule has 192 valence electrons. The maximum absolute atomic E-state index is 14.4. The molecule has 1 aromatic carbocycles. The van der Waals surface area contributed by atoms with Crippen molar-refractivity contribution in [2.45, 2.75) is 56.9 Å². The zero-order valence-corrected chi connectivity index (χ0v) is 20.0. The van der Waals surface area contributed by atoms with Crippen molar-refractivity contribution in [1.29, 1.82) is 0 Å². The van der Waals surface area contributed by atoms with Crippen LogP contribution in [0.3, 0.4) is 0 Å². The second-order valence-corrected chi connectivity index (χ2v) is 9.40. The predicted molar refractivity (Wildman–Crippen MR) is 130 cm³/mol. The number of likely N-dealkylation sites (tertiary alicyclic amines) is 1. The van der Waals surface area contributed by atoms with E-state index in [-0.39, 0.29) is 31.0 Å². The standard InChI is InChI=1S/C25H26FN7O4/c26-16-10-20(25(37)30-18-3-1-2-4-21(18)34)32(12-16)22(35)13-33-19-6-5-14(15-7-8-28-29-11-15)9-17(19)23(31-33)24(27)36/h5-9,11,16,18,20H,1-4,10,12-13H2,(H2,27,36)(H,30,37). The summed E-state index contributed by atoms with van der Waals surface area (Å²) in [6.45, 7) is -0.560.